The summed E-state index contributed by atoms with van der Waals surface area (Å²) in [6.45, 7) is 1.88. The van der Waals surface area contributed by atoms with Crippen LogP contribution >= 0.6 is 15.9 Å². The Balaban J connectivity index is 3.40. The number of nitrogens with zero attached hydrogens (tertiary/aromatic N) is 1. The van der Waals surface area contributed by atoms with Crippen LogP contribution in [0.25, 0.3) is 0 Å². The topological polar surface area (TPSA) is 49.8 Å². The third-order valence-electron chi connectivity index (χ3n) is 1.57. The maximum Gasteiger partial charge on any atom is 0.101 e. The number of halogens is 1. The molecule has 2 nitrogen and oxygen atoms in total. The Kier molecular flexibility index (Phi) is 2.16. The van der Waals surface area contributed by atoms with Gasteiger partial charge in [0.15, 0.2) is 0 Å². The fourth-order valence-corrected chi connectivity index (χ4v) is 1.15. The molecule has 1 aromatic carbocycles. The van der Waals surface area contributed by atoms with E-state index in [2.05, 4.69) is 15.9 Å². The van der Waals surface area contributed by atoms with Crippen molar-refractivity contribution in [3.63, 3.8) is 0 Å². The average molecular weight is 211 g/mol. The van der Waals surface area contributed by atoms with E-state index in [1.54, 1.807) is 6.07 Å². The summed E-state index contributed by atoms with van der Waals surface area (Å²) < 4.78 is 0.939. The number of nitrogens with two attached hydrogens (primary N) is 1. The number of benzene rings is 1. The maximum atomic E-state index is 8.59. The number of hydrogen-bond acceptors (Lipinski definition) is 2. The highest BCUT2D eigenvalue weighted by molar-refractivity contribution is 9.10. The van der Waals surface area contributed by atoms with E-state index in [-0.39, 0.29) is 0 Å². The first-order valence-electron chi connectivity index (χ1n) is 3.11. The summed E-state index contributed by atoms with van der Waals surface area (Å²) in [7, 11) is 0. The fraction of sp³-hybridized carbons (Fsp3) is 0.125. The Morgan fingerprint density at radius 2 is 2.18 bits per heavy atom. The van der Waals surface area contributed by atoms with Crippen molar-refractivity contribution in [1.29, 1.82) is 5.26 Å². The van der Waals surface area contributed by atoms with Crippen LogP contribution in [0.1, 0.15) is 11.1 Å². The molecule has 0 saturated carbocycles. The molecule has 0 aliphatic rings. The smallest absolute Gasteiger partial charge is 0.101 e. The van der Waals surface area contributed by atoms with Crippen LogP contribution in [0.5, 0.6) is 0 Å². The molecule has 0 aliphatic heterocycles. The highest BCUT2D eigenvalue weighted by atomic mass is 79.9. The SMILES string of the molecule is Cc1c(Br)ccc(C#N)c1N. The molecule has 0 heterocycles. The van der Waals surface area contributed by atoms with E-state index in [0.717, 1.165) is 10.0 Å². The van der Waals surface area contributed by atoms with Gasteiger partial charge in [-0.1, -0.05) is 15.9 Å². The van der Waals surface area contributed by atoms with Crippen LogP contribution in [-0.4, -0.2) is 0 Å². The molecular weight excluding hydrogens is 204 g/mol. The van der Waals surface area contributed by atoms with Crippen molar-refractivity contribution in [2.75, 3.05) is 5.73 Å². The molecule has 0 radical (unpaired) electrons. The summed E-state index contributed by atoms with van der Waals surface area (Å²) in [6, 6.07) is 5.54. The molecule has 0 fully saturated rings. The molecule has 0 aliphatic carbocycles. The minimum absolute atomic E-state index is 0.533. The van der Waals surface area contributed by atoms with Crippen molar-refractivity contribution in [2.45, 2.75) is 6.92 Å². The fourth-order valence-electron chi connectivity index (χ4n) is 0.799. The van der Waals surface area contributed by atoms with E-state index in [4.69, 9.17) is 11.0 Å². The highest BCUT2D eigenvalue weighted by Crippen LogP contribution is 2.24. The minimum atomic E-state index is 0.533. The first-order valence-corrected chi connectivity index (χ1v) is 3.90. The molecule has 2 N–H and O–H groups in total. The van der Waals surface area contributed by atoms with Gasteiger partial charge in [-0.3, -0.25) is 0 Å². The molecular formula is C8H7BrN2. The van der Waals surface area contributed by atoms with Crippen LogP contribution in [0, 0.1) is 18.3 Å². The molecule has 0 aromatic heterocycles. The summed E-state index contributed by atoms with van der Waals surface area (Å²) in [4.78, 5) is 0. The van der Waals surface area contributed by atoms with E-state index in [9.17, 15) is 0 Å². The van der Waals surface area contributed by atoms with Crippen LogP contribution in [0.4, 0.5) is 5.69 Å². The van der Waals surface area contributed by atoms with Gasteiger partial charge in [-0.15, -0.1) is 0 Å². The first-order chi connectivity index (χ1) is 5.16. The van der Waals surface area contributed by atoms with E-state index < -0.39 is 0 Å². The van der Waals surface area contributed by atoms with E-state index in [1.807, 2.05) is 19.1 Å². The summed E-state index contributed by atoms with van der Waals surface area (Å²) >= 11 is 3.32. The molecule has 0 saturated heterocycles. The van der Waals surface area contributed by atoms with Crippen molar-refractivity contribution in [3.8, 4) is 6.07 Å². The average Bonchev–Trinajstić information content (AvgIpc) is 2.01. The van der Waals surface area contributed by atoms with Gasteiger partial charge < -0.3 is 5.73 Å². The summed E-state index contributed by atoms with van der Waals surface area (Å²) in [5.41, 5.74) is 7.65. The molecule has 11 heavy (non-hydrogen) atoms. The quantitative estimate of drug-likeness (QED) is 0.668. The predicted molar refractivity (Wildman–Crippen MR) is 48.0 cm³/mol. The van der Waals surface area contributed by atoms with E-state index in [1.165, 1.54) is 0 Å². The second-order valence-electron chi connectivity index (χ2n) is 2.25. The lowest BCUT2D eigenvalue weighted by molar-refractivity contribution is 1.40. The summed E-state index contributed by atoms with van der Waals surface area (Å²) in [5.74, 6) is 0. The number of hydrogen-bond donors (Lipinski definition) is 1. The van der Waals surface area contributed by atoms with Gasteiger partial charge in [-0.05, 0) is 24.6 Å². The Morgan fingerprint density at radius 3 is 2.73 bits per heavy atom. The van der Waals surface area contributed by atoms with Gasteiger partial charge in [-0.25, -0.2) is 0 Å². The van der Waals surface area contributed by atoms with Crippen molar-refractivity contribution in [2.24, 2.45) is 0 Å². The monoisotopic (exact) mass is 210 g/mol. The molecule has 1 rings (SSSR count). The lowest BCUT2D eigenvalue weighted by atomic mass is 10.1. The molecule has 0 unspecified atom stereocenters. The van der Waals surface area contributed by atoms with E-state index >= 15 is 0 Å². The zero-order valence-electron chi connectivity index (χ0n) is 6.06. The van der Waals surface area contributed by atoms with Gasteiger partial charge in [-0.2, -0.15) is 5.26 Å². The summed E-state index contributed by atoms with van der Waals surface area (Å²) in [6.07, 6.45) is 0. The van der Waals surface area contributed by atoms with Crippen molar-refractivity contribution in [1.82, 2.24) is 0 Å². The molecule has 0 amide bonds. The van der Waals surface area contributed by atoms with Crippen molar-refractivity contribution >= 4 is 21.6 Å². The van der Waals surface area contributed by atoms with Crippen LogP contribution in [0.15, 0.2) is 16.6 Å². The second-order valence-corrected chi connectivity index (χ2v) is 3.10. The van der Waals surface area contributed by atoms with Gasteiger partial charge in [0.25, 0.3) is 0 Å². The van der Waals surface area contributed by atoms with Gasteiger partial charge >= 0.3 is 0 Å². The van der Waals surface area contributed by atoms with Gasteiger partial charge in [0, 0.05) is 4.47 Å². The number of nitrogen functional groups attached to an aromatic ring is 1. The second kappa shape index (κ2) is 2.93. The largest absolute Gasteiger partial charge is 0.397 e. The lowest BCUT2D eigenvalue weighted by Crippen LogP contribution is -1.94. The Hall–Kier alpha value is -1.01. The zero-order valence-corrected chi connectivity index (χ0v) is 7.64. The van der Waals surface area contributed by atoms with Gasteiger partial charge in [0.05, 0.1) is 11.3 Å². The normalized spacial score (nSPS) is 9.18. The zero-order chi connectivity index (χ0) is 8.43. The van der Waals surface area contributed by atoms with Gasteiger partial charge in [0.2, 0.25) is 0 Å². The minimum Gasteiger partial charge on any atom is -0.397 e. The van der Waals surface area contributed by atoms with Gasteiger partial charge in [0.1, 0.15) is 6.07 Å². The number of anilines is 1. The van der Waals surface area contributed by atoms with Crippen LogP contribution < -0.4 is 5.73 Å². The Morgan fingerprint density at radius 1 is 1.55 bits per heavy atom. The molecule has 3 heteroatoms. The molecule has 1 aromatic rings. The standard InChI is InChI=1S/C8H7BrN2/c1-5-7(9)3-2-6(4-10)8(5)11/h2-3H,11H2,1H3. The molecule has 0 atom stereocenters. The third-order valence-corrected chi connectivity index (χ3v) is 2.43. The lowest BCUT2D eigenvalue weighted by Gasteiger charge is -2.02. The third kappa shape index (κ3) is 1.36. The highest BCUT2D eigenvalue weighted by Gasteiger charge is 2.03. The molecule has 0 spiro atoms. The predicted octanol–water partition coefficient (Wildman–Crippen LogP) is 2.21. The maximum absolute atomic E-state index is 8.59. The first kappa shape index (κ1) is 8.09. The van der Waals surface area contributed by atoms with Crippen molar-refractivity contribution < 1.29 is 0 Å². The van der Waals surface area contributed by atoms with Crippen LogP contribution in [0.3, 0.4) is 0 Å². The van der Waals surface area contributed by atoms with Crippen molar-refractivity contribution in [3.05, 3.63) is 27.7 Å². The Labute approximate surface area is 73.8 Å². The molecule has 0 bridgehead atoms. The van der Waals surface area contributed by atoms with Crippen LogP contribution in [0.2, 0.25) is 0 Å². The Bertz CT molecular complexity index is 326. The number of rotatable bonds is 0. The summed E-state index contributed by atoms with van der Waals surface area (Å²) in [5, 5.41) is 8.59. The molecule has 56 valence electrons. The van der Waals surface area contributed by atoms with E-state index in [0.29, 0.717) is 11.3 Å². The van der Waals surface area contributed by atoms with Crippen LogP contribution in [-0.2, 0) is 0 Å². The number of nitriles is 1.